The normalized spacial score (nSPS) is 7.95. The summed E-state index contributed by atoms with van der Waals surface area (Å²) in [6.45, 7) is 4.46. The van der Waals surface area contributed by atoms with Gasteiger partial charge in [0.25, 0.3) is 0 Å². The molecule has 0 aliphatic carbocycles. The summed E-state index contributed by atoms with van der Waals surface area (Å²) in [5, 5.41) is 11.8. The average Bonchev–Trinajstić information content (AvgIpc) is 2.87. The van der Waals surface area contributed by atoms with Gasteiger partial charge in [0.1, 0.15) is 6.29 Å². The van der Waals surface area contributed by atoms with Crippen molar-refractivity contribution < 1.29 is 81.2 Å². The first-order valence-electron chi connectivity index (χ1n) is 10.4. The minimum atomic E-state index is -1.08. The summed E-state index contributed by atoms with van der Waals surface area (Å²) in [7, 11) is 0. The molecule has 0 bridgehead atoms. The van der Waals surface area contributed by atoms with Crippen molar-refractivity contribution in [1.82, 2.24) is 5.32 Å². The Balaban J connectivity index is -0.000000139. The maximum atomic E-state index is 12.6. The van der Waals surface area contributed by atoms with Gasteiger partial charge in [-0.25, -0.2) is 36.9 Å². The average molecular weight is 589 g/mol. The van der Waals surface area contributed by atoms with Crippen molar-refractivity contribution in [1.29, 1.82) is 0 Å². The van der Waals surface area contributed by atoms with Crippen LogP contribution in [0, 0.1) is 48.0 Å². The van der Waals surface area contributed by atoms with Crippen LogP contribution in [0.3, 0.4) is 0 Å². The summed E-state index contributed by atoms with van der Waals surface area (Å²) in [6, 6.07) is 6.75. The maximum Gasteiger partial charge on any atom is 1.00 e. The van der Waals surface area contributed by atoms with Gasteiger partial charge in [-0.3, -0.25) is 4.79 Å². The van der Waals surface area contributed by atoms with Crippen molar-refractivity contribution in [3.63, 3.8) is 0 Å². The van der Waals surface area contributed by atoms with Crippen LogP contribution in [0.1, 0.15) is 36.7 Å². The number of rotatable bonds is 4. The minimum absolute atomic E-state index is 0. The first-order chi connectivity index (χ1) is 18.2. The molecule has 0 saturated heterocycles. The molecule has 215 valence electrons. The third-order valence-corrected chi connectivity index (χ3v) is 3.01. The summed E-state index contributed by atoms with van der Waals surface area (Å²) >= 11 is 0. The molecule has 0 heterocycles. The van der Waals surface area contributed by atoms with Crippen LogP contribution in [0.5, 0.6) is 0 Å². The molecule has 0 amide bonds. The zero-order valence-corrected chi connectivity index (χ0v) is 24.8. The van der Waals surface area contributed by atoms with Gasteiger partial charge >= 0.3 is 41.5 Å². The fraction of sp³-hybridized carbons (Fsp3) is 0.231. The third-order valence-electron chi connectivity index (χ3n) is 3.01. The summed E-state index contributed by atoms with van der Waals surface area (Å²) in [5.74, 6) is -1.37. The summed E-state index contributed by atoms with van der Waals surface area (Å²) in [5.41, 5.74) is 5.60. The molecule has 0 aromatic heterocycles. The number of hydrogen-bond acceptors (Lipinski definition) is 9. The molecule has 0 spiro atoms. The van der Waals surface area contributed by atoms with E-state index in [1.165, 1.54) is 12.1 Å². The largest absolute Gasteiger partial charge is 1.00 e. The van der Waals surface area contributed by atoms with E-state index in [-0.39, 0.29) is 43.5 Å². The molecule has 41 heavy (non-hydrogen) atoms. The second-order valence-electron chi connectivity index (χ2n) is 6.40. The second-order valence-corrected chi connectivity index (χ2v) is 6.40. The van der Waals surface area contributed by atoms with E-state index in [4.69, 9.17) is 22.1 Å². The molecule has 0 saturated carbocycles. The number of carboxylic acids is 1. The van der Waals surface area contributed by atoms with Gasteiger partial charge < -0.3 is 21.0 Å². The number of carbonyl (C=O) groups is 4. The summed E-state index contributed by atoms with van der Waals surface area (Å²) < 4.78 is 49.5. The number of nitrogens with one attached hydrogen (secondary N) is 1. The number of carbonyl (C=O) groups excluding carboxylic acids is 4. The van der Waals surface area contributed by atoms with Gasteiger partial charge in [-0.05, 0) is 42.8 Å². The van der Waals surface area contributed by atoms with Crippen LogP contribution in [-0.4, -0.2) is 45.7 Å². The second kappa shape index (κ2) is 30.9. The molecule has 15 heteroatoms. The fourth-order valence-corrected chi connectivity index (χ4v) is 1.63. The molecule has 2 aromatic rings. The standard InChI is InChI=1S/C10H9F2N.C7H4F2O.C4H6O4.C3H5N.C2H4O2.B.Na/c1-2-5-13-7-8-3-4-9(11)10(12)6-8;8-6-2-1-5(4-10)3-7(6)9;1-3(5)7-8-4(2)6;1-2-3-4;1-2(3)4;;/h1,3-4,6,13H,5,7H2;1-4H;1-2H3;1H,3-4H2;1H3,(H,3,4);;/q;;;;;;+1/p-1. The van der Waals surface area contributed by atoms with E-state index in [1.54, 1.807) is 0 Å². The molecule has 2 rings (SSSR count). The van der Waals surface area contributed by atoms with E-state index < -0.39 is 41.2 Å². The van der Waals surface area contributed by atoms with Crippen molar-refractivity contribution >= 4 is 32.6 Å². The van der Waals surface area contributed by atoms with Gasteiger partial charge in [-0.15, -0.1) is 12.8 Å². The Morgan fingerprint density at radius 1 is 0.902 bits per heavy atom. The zero-order valence-electron chi connectivity index (χ0n) is 22.8. The topological polar surface area (TPSA) is 148 Å². The summed E-state index contributed by atoms with van der Waals surface area (Å²) in [4.78, 5) is 46.2. The Labute approximate surface area is 260 Å². The molecule has 3 N–H and O–H groups in total. The van der Waals surface area contributed by atoms with Gasteiger partial charge in [0.2, 0.25) is 0 Å². The number of benzene rings is 2. The Hall–Kier alpha value is -3.66. The maximum absolute atomic E-state index is 12.6. The minimum Gasteiger partial charge on any atom is -0.550 e. The quantitative estimate of drug-likeness (QED) is 0.0823. The molecule has 0 aliphatic heterocycles. The fourth-order valence-electron chi connectivity index (χ4n) is 1.63. The Morgan fingerprint density at radius 3 is 1.63 bits per heavy atom. The molecule has 9 nitrogen and oxygen atoms in total. The van der Waals surface area contributed by atoms with E-state index >= 15 is 0 Å². The van der Waals surface area contributed by atoms with Crippen molar-refractivity contribution in [2.45, 2.75) is 27.3 Å². The van der Waals surface area contributed by atoms with Crippen molar-refractivity contribution in [3.8, 4) is 24.7 Å². The van der Waals surface area contributed by atoms with Crippen LogP contribution in [0.2, 0.25) is 0 Å². The van der Waals surface area contributed by atoms with E-state index in [0.29, 0.717) is 31.5 Å². The van der Waals surface area contributed by atoms with Crippen LogP contribution >= 0.6 is 0 Å². The summed E-state index contributed by atoms with van der Waals surface area (Å²) in [6.07, 6.45) is 10.1. The zero-order chi connectivity index (χ0) is 30.8. The number of carboxylic acid groups (broad SMARTS) is 1. The Bertz CT molecular complexity index is 1130. The first kappa shape index (κ1) is 47.2. The van der Waals surface area contributed by atoms with Gasteiger partial charge in [-0.2, -0.15) is 0 Å². The predicted octanol–water partition coefficient (Wildman–Crippen LogP) is -1.55. The molecule has 0 unspecified atom stereocenters. The van der Waals surface area contributed by atoms with Crippen LogP contribution in [0.4, 0.5) is 17.6 Å². The van der Waals surface area contributed by atoms with Crippen molar-refractivity contribution in [2.75, 3.05) is 13.1 Å². The van der Waals surface area contributed by atoms with Gasteiger partial charge in [0.05, 0.1) is 13.1 Å². The van der Waals surface area contributed by atoms with Crippen LogP contribution in [0.15, 0.2) is 36.4 Å². The predicted molar refractivity (Wildman–Crippen MR) is 136 cm³/mol. The molecular weight excluding hydrogens is 562 g/mol. The number of aliphatic carboxylic acids is 1. The van der Waals surface area contributed by atoms with Crippen molar-refractivity contribution in [2.24, 2.45) is 5.73 Å². The molecule has 0 aliphatic rings. The van der Waals surface area contributed by atoms with Gasteiger partial charge in [-0.1, -0.05) is 17.9 Å². The smallest absolute Gasteiger partial charge is 0.550 e. The first-order valence-corrected chi connectivity index (χ1v) is 10.4. The van der Waals surface area contributed by atoms with Crippen molar-refractivity contribution in [3.05, 3.63) is 70.8 Å². The monoisotopic (exact) mass is 589 g/mol. The van der Waals surface area contributed by atoms with E-state index in [2.05, 4.69) is 33.4 Å². The van der Waals surface area contributed by atoms with Gasteiger partial charge in [0, 0.05) is 40.3 Å². The Morgan fingerprint density at radius 2 is 1.32 bits per heavy atom. The van der Waals surface area contributed by atoms with Crippen LogP contribution < -0.4 is 45.7 Å². The molecule has 2 aromatic carbocycles. The SMILES string of the molecule is C#CCN.C#CCNCc1ccc(F)c(F)c1.CC(=O)OOC(C)=O.CC(=O)[O-].O=Cc1ccc(F)c(F)c1.[B].[Na+]. The van der Waals surface area contributed by atoms with E-state index in [9.17, 15) is 31.9 Å². The number of terminal acetylenes is 2. The molecule has 3 radical (unpaired) electrons. The Kier molecular flexibility index (Phi) is 35.5. The number of aldehydes is 1. The third kappa shape index (κ3) is 34.3. The molecular formula is C26H27BF4N2NaO7. The van der Waals surface area contributed by atoms with E-state index in [0.717, 1.165) is 45.0 Å². The van der Waals surface area contributed by atoms with Crippen LogP contribution in [-0.2, 0) is 30.7 Å². The molecule has 0 atom stereocenters. The van der Waals surface area contributed by atoms with Crippen LogP contribution in [0.25, 0.3) is 0 Å². The molecule has 0 fully saturated rings. The van der Waals surface area contributed by atoms with E-state index in [1.807, 2.05) is 0 Å². The number of nitrogens with two attached hydrogens (primary N) is 1. The number of hydrogen-bond donors (Lipinski definition) is 2. The van der Waals surface area contributed by atoms with Gasteiger partial charge in [0.15, 0.2) is 23.3 Å². The number of halogens is 4.